The molecule has 31 heavy (non-hydrogen) atoms. The molecule has 2 amide bonds. The first-order valence-electron chi connectivity index (χ1n) is 11.1. The van der Waals surface area contributed by atoms with Gasteiger partial charge in [0.25, 0.3) is 5.91 Å². The molecule has 2 aromatic heterocycles. The van der Waals surface area contributed by atoms with Gasteiger partial charge in [0.1, 0.15) is 16.9 Å². The summed E-state index contributed by atoms with van der Waals surface area (Å²) in [5.74, 6) is -0.255. The number of fused-ring (bicyclic) bond motifs is 1. The summed E-state index contributed by atoms with van der Waals surface area (Å²) in [6, 6.07) is 5.84. The third-order valence-electron chi connectivity index (χ3n) is 6.09. The topological polar surface area (TPSA) is 67.2 Å². The second-order valence-electron chi connectivity index (χ2n) is 9.84. The molecule has 0 saturated heterocycles. The van der Waals surface area contributed by atoms with Crippen molar-refractivity contribution >= 4 is 23.2 Å². The fourth-order valence-electron chi connectivity index (χ4n) is 4.40. The number of rotatable bonds is 5. The van der Waals surface area contributed by atoms with Crippen molar-refractivity contribution in [3.05, 3.63) is 40.9 Å². The van der Waals surface area contributed by atoms with Crippen LogP contribution in [0.3, 0.4) is 0 Å². The number of amides is 2. The van der Waals surface area contributed by atoms with Gasteiger partial charge >= 0.3 is 0 Å². The van der Waals surface area contributed by atoms with E-state index < -0.39 is 5.54 Å². The smallest absolute Gasteiger partial charge is 0.273 e. The van der Waals surface area contributed by atoms with E-state index in [-0.39, 0.29) is 17.4 Å². The van der Waals surface area contributed by atoms with Crippen LogP contribution in [0.2, 0.25) is 0 Å². The number of thiophene rings is 1. The third-order valence-corrected chi connectivity index (χ3v) is 6.98. The van der Waals surface area contributed by atoms with Gasteiger partial charge in [-0.2, -0.15) is 5.10 Å². The summed E-state index contributed by atoms with van der Waals surface area (Å²) in [4.78, 5) is 29.9. The van der Waals surface area contributed by atoms with Gasteiger partial charge in [-0.15, -0.1) is 11.3 Å². The number of hydrogen-bond acceptors (Lipinski definition) is 4. The van der Waals surface area contributed by atoms with E-state index in [2.05, 4.69) is 11.4 Å². The zero-order valence-corrected chi connectivity index (χ0v) is 19.7. The lowest BCUT2D eigenvalue weighted by Gasteiger charge is -2.44. The van der Waals surface area contributed by atoms with Gasteiger partial charge in [0.2, 0.25) is 5.91 Å². The highest BCUT2D eigenvalue weighted by Crippen LogP contribution is 2.33. The Kier molecular flexibility index (Phi) is 5.81. The minimum atomic E-state index is -0.995. The van der Waals surface area contributed by atoms with Crippen molar-refractivity contribution in [1.29, 1.82) is 0 Å². The highest BCUT2D eigenvalue weighted by atomic mass is 32.1. The summed E-state index contributed by atoms with van der Waals surface area (Å²) in [5, 5.41) is 9.79. The molecule has 0 spiro atoms. The standard InChI is InChI=1S/C24H32N4O2S/c1-23(2,3)25-22(30)24(4)16-28-19(15-18(26-28)20-11-8-14-31-20)21(29)27(24)13-12-17-9-6-5-7-10-17/h8-9,11,14-15H,5-7,10,12-13,16H2,1-4H3,(H,25,30). The fraction of sp³-hybridized carbons (Fsp3) is 0.542. The number of carbonyl (C=O) groups is 2. The second kappa shape index (κ2) is 8.26. The molecular weight excluding hydrogens is 408 g/mol. The van der Waals surface area contributed by atoms with E-state index in [1.807, 2.05) is 51.3 Å². The van der Waals surface area contributed by atoms with Gasteiger partial charge in [-0.25, -0.2) is 0 Å². The largest absolute Gasteiger partial charge is 0.349 e. The van der Waals surface area contributed by atoms with Crippen LogP contribution in [0.4, 0.5) is 0 Å². The van der Waals surface area contributed by atoms with Crippen LogP contribution >= 0.6 is 11.3 Å². The summed E-state index contributed by atoms with van der Waals surface area (Å²) in [6.07, 6.45) is 7.77. The quantitative estimate of drug-likeness (QED) is 0.689. The van der Waals surface area contributed by atoms with Gasteiger partial charge in [0.15, 0.2) is 0 Å². The van der Waals surface area contributed by atoms with Crippen molar-refractivity contribution in [2.24, 2.45) is 0 Å². The number of carbonyl (C=O) groups excluding carboxylic acids is 2. The SMILES string of the molecule is CC(C)(C)NC(=O)C1(C)Cn2nc(-c3cccs3)cc2C(=O)N1CCC1=CCCCC1. The maximum atomic E-state index is 13.6. The maximum Gasteiger partial charge on any atom is 0.273 e. The minimum Gasteiger partial charge on any atom is -0.349 e. The van der Waals surface area contributed by atoms with Crippen molar-refractivity contribution in [3.63, 3.8) is 0 Å². The molecule has 2 aromatic rings. The van der Waals surface area contributed by atoms with Crippen LogP contribution in [0, 0.1) is 0 Å². The normalized spacial score (nSPS) is 21.6. The lowest BCUT2D eigenvalue weighted by Crippen LogP contribution is -2.66. The highest BCUT2D eigenvalue weighted by Gasteiger charge is 2.48. The molecule has 1 unspecified atom stereocenters. The van der Waals surface area contributed by atoms with E-state index in [9.17, 15) is 9.59 Å². The van der Waals surface area contributed by atoms with Crippen molar-refractivity contribution in [2.45, 2.75) is 77.4 Å². The van der Waals surface area contributed by atoms with Gasteiger partial charge in [0, 0.05) is 12.1 Å². The second-order valence-corrected chi connectivity index (χ2v) is 10.8. The first kappa shape index (κ1) is 21.8. The van der Waals surface area contributed by atoms with E-state index in [4.69, 9.17) is 5.10 Å². The van der Waals surface area contributed by atoms with Crippen LogP contribution in [0.25, 0.3) is 10.6 Å². The fourth-order valence-corrected chi connectivity index (χ4v) is 5.08. The number of nitrogens with zero attached hydrogens (tertiary/aromatic N) is 3. The van der Waals surface area contributed by atoms with Gasteiger partial charge in [-0.05, 0) is 77.3 Å². The number of aromatic nitrogens is 2. The summed E-state index contributed by atoms with van der Waals surface area (Å²) in [7, 11) is 0. The van der Waals surface area contributed by atoms with E-state index >= 15 is 0 Å². The molecule has 1 aliphatic carbocycles. The number of hydrogen-bond donors (Lipinski definition) is 1. The number of allylic oxidation sites excluding steroid dienone is 1. The molecule has 0 saturated carbocycles. The van der Waals surface area contributed by atoms with Gasteiger partial charge in [-0.3, -0.25) is 14.3 Å². The molecule has 1 atom stereocenters. The summed E-state index contributed by atoms with van der Waals surface area (Å²) in [6.45, 7) is 8.65. The Hall–Kier alpha value is -2.41. The summed E-state index contributed by atoms with van der Waals surface area (Å²) in [5.41, 5.74) is 1.37. The molecule has 0 aromatic carbocycles. The van der Waals surface area contributed by atoms with Crippen LogP contribution in [0.5, 0.6) is 0 Å². The summed E-state index contributed by atoms with van der Waals surface area (Å²) >= 11 is 1.60. The highest BCUT2D eigenvalue weighted by molar-refractivity contribution is 7.13. The van der Waals surface area contributed by atoms with Crippen molar-refractivity contribution in [1.82, 2.24) is 20.0 Å². The lowest BCUT2D eigenvalue weighted by molar-refractivity contribution is -0.134. The Balaban J connectivity index is 1.67. The molecule has 0 bridgehead atoms. The monoisotopic (exact) mass is 440 g/mol. The van der Waals surface area contributed by atoms with Crippen molar-refractivity contribution < 1.29 is 9.59 Å². The lowest BCUT2D eigenvalue weighted by atomic mass is 9.91. The summed E-state index contributed by atoms with van der Waals surface area (Å²) < 4.78 is 1.72. The predicted molar refractivity (Wildman–Crippen MR) is 124 cm³/mol. The minimum absolute atomic E-state index is 0.121. The number of nitrogens with one attached hydrogen (secondary N) is 1. The van der Waals surface area contributed by atoms with Crippen LogP contribution in [0.1, 0.15) is 70.3 Å². The molecule has 7 heteroatoms. The van der Waals surface area contributed by atoms with Crippen molar-refractivity contribution in [2.75, 3.05) is 6.54 Å². The average Bonchev–Trinajstić information content (AvgIpc) is 3.37. The average molecular weight is 441 g/mol. The molecule has 6 nitrogen and oxygen atoms in total. The van der Waals surface area contributed by atoms with Crippen LogP contribution in [0.15, 0.2) is 35.2 Å². The first-order valence-corrected chi connectivity index (χ1v) is 12.0. The van der Waals surface area contributed by atoms with E-state index in [1.165, 1.54) is 18.4 Å². The Labute approximate surface area is 188 Å². The van der Waals surface area contributed by atoms with Crippen molar-refractivity contribution in [3.8, 4) is 10.6 Å². The Morgan fingerprint density at radius 1 is 1.32 bits per heavy atom. The molecule has 2 aliphatic rings. The van der Waals surface area contributed by atoms with Crippen LogP contribution in [-0.2, 0) is 11.3 Å². The van der Waals surface area contributed by atoms with E-state index in [0.717, 1.165) is 29.8 Å². The molecule has 0 radical (unpaired) electrons. The van der Waals surface area contributed by atoms with Crippen LogP contribution < -0.4 is 5.32 Å². The third kappa shape index (κ3) is 4.47. The molecule has 1 N–H and O–H groups in total. The molecule has 4 rings (SSSR count). The van der Waals surface area contributed by atoms with Gasteiger partial charge < -0.3 is 10.2 Å². The maximum absolute atomic E-state index is 13.6. The zero-order valence-electron chi connectivity index (χ0n) is 18.9. The molecule has 0 fully saturated rings. The van der Waals surface area contributed by atoms with Crippen LogP contribution in [-0.4, -0.2) is 44.1 Å². The first-order chi connectivity index (χ1) is 14.7. The molecule has 1 aliphatic heterocycles. The predicted octanol–water partition coefficient (Wildman–Crippen LogP) is 4.63. The Morgan fingerprint density at radius 3 is 2.77 bits per heavy atom. The van der Waals surface area contributed by atoms with Gasteiger partial charge in [-0.1, -0.05) is 17.7 Å². The van der Waals surface area contributed by atoms with E-state index in [0.29, 0.717) is 18.8 Å². The molecular formula is C24H32N4O2S. The Morgan fingerprint density at radius 2 is 2.13 bits per heavy atom. The molecule has 166 valence electrons. The zero-order chi connectivity index (χ0) is 22.2. The van der Waals surface area contributed by atoms with Gasteiger partial charge in [0.05, 0.1) is 11.4 Å². The molecule has 3 heterocycles. The Bertz CT molecular complexity index is 999. The van der Waals surface area contributed by atoms with E-state index in [1.54, 1.807) is 20.9 Å².